The molecule has 114 valence electrons. The molecule has 0 aromatic heterocycles. The first-order chi connectivity index (χ1) is 9.20. The summed E-state index contributed by atoms with van der Waals surface area (Å²) in [5.74, 6) is 0.878. The lowest BCUT2D eigenvalue weighted by atomic mass is 10.1. The Kier molecular flexibility index (Phi) is 8.01. The molecule has 0 aromatic rings. The summed E-state index contributed by atoms with van der Waals surface area (Å²) in [7, 11) is 0. The highest BCUT2D eigenvalue weighted by molar-refractivity contribution is 4.95. The van der Waals surface area contributed by atoms with E-state index in [2.05, 4.69) is 30.6 Å². The van der Waals surface area contributed by atoms with Crippen molar-refractivity contribution in [2.24, 2.45) is 5.92 Å². The van der Waals surface area contributed by atoms with Gasteiger partial charge in [-0.2, -0.15) is 0 Å². The number of piperazine rings is 1. The van der Waals surface area contributed by atoms with Crippen LogP contribution in [0.15, 0.2) is 0 Å². The molecule has 0 N–H and O–H groups in total. The number of likely N-dealkylation sites (tertiary alicyclic amines) is 1. The van der Waals surface area contributed by atoms with E-state index in [4.69, 9.17) is 0 Å². The third-order valence-electron chi connectivity index (χ3n) is 4.58. The number of fused-ring (bicyclic) bond motifs is 2. The maximum absolute atomic E-state index is 2.74. The topological polar surface area (TPSA) is 6.48 Å². The summed E-state index contributed by atoms with van der Waals surface area (Å²) in [6.45, 7) is 16.3. The average molecular weight is 268 g/mol. The lowest BCUT2D eigenvalue weighted by molar-refractivity contribution is 0.0703. The Bertz CT molecular complexity index is 213. The number of unbranched alkanes of at least 4 members (excludes halogenated alkanes) is 1. The zero-order chi connectivity index (χ0) is 14.3. The zero-order valence-corrected chi connectivity index (χ0v) is 14.0. The van der Waals surface area contributed by atoms with Gasteiger partial charge in [0, 0.05) is 25.2 Å². The van der Waals surface area contributed by atoms with Crippen molar-refractivity contribution >= 4 is 0 Å². The molecule has 2 heterocycles. The quantitative estimate of drug-likeness (QED) is 0.672. The Balaban J connectivity index is 0.000000861. The van der Waals surface area contributed by atoms with Gasteiger partial charge in [-0.05, 0) is 38.3 Å². The lowest BCUT2D eigenvalue weighted by Gasteiger charge is -2.40. The highest BCUT2D eigenvalue weighted by Gasteiger charge is 2.38. The first kappa shape index (κ1) is 17.0. The van der Waals surface area contributed by atoms with Crippen LogP contribution in [0.2, 0.25) is 0 Å². The molecule has 19 heavy (non-hydrogen) atoms. The van der Waals surface area contributed by atoms with Crippen molar-refractivity contribution in [2.75, 3.05) is 26.2 Å². The molecule has 2 bridgehead atoms. The van der Waals surface area contributed by atoms with Crippen LogP contribution in [-0.4, -0.2) is 48.1 Å². The Hall–Kier alpha value is -0.0800. The molecule has 0 spiro atoms. The van der Waals surface area contributed by atoms with Crippen LogP contribution in [0.3, 0.4) is 0 Å². The van der Waals surface area contributed by atoms with Gasteiger partial charge in [0.2, 0.25) is 0 Å². The number of likely N-dealkylation sites (N-methyl/N-ethyl adjacent to an activating group) is 1. The van der Waals surface area contributed by atoms with Crippen LogP contribution in [0, 0.1) is 5.92 Å². The van der Waals surface area contributed by atoms with Crippen LogP contribution in [0.5, 0.6) is 0 Å². The highest BCUT2D eigenvalue weighted by atomic mass is 15.3. The number of rotatable bonds is 6. The third-order valence-corrected chi connectivity index (χ3v) is 4.58. The normalized spacial score (nSPS) is 27.5. The van der Waals surface area contributed by atoms with E-state index in [1.165, 1.54) is 58.3 Å². The molecule has 2 aliphatic heterocycles. The van der Waals surface area contributed by atoms with Gasteiger partial charge < -0.3 is 4.90 Å². The second kappa shape index (κ2) is 8.97. The van der Waals surface area contributed by atoms with Gasteiger partial charge in [-0.1, -0.05) is 47.5 Å². The van der Waals surface area contributed by atoms with E-state index < -0.39 is 0 Å². The molecule has 0 unspecified atom stereocenters. The monoisotopic (exact) mass is 268 g/mol. The van der Waals surface area contributed by atoms with E-state index in [9.17, 15) is 0 Å². The molecule has 0 radical (unpaired) electrons. The van der Waals surface area contributed by atoms with Crippen LogP contribution < -0.4 is 0 Å². The van der Waals surface area contributed by atoms with Crippen molar-refractivity contribution < 1.29 is 0 Å². The average Bonchev–Trinajstić information content (AvgIpc) is 2.66. The molecule has 0 aromatic carbocycles. The smallest absolute Gasteiger partial charge is 0.0227 e. The summed E-state index contributed by atoms with van der Waals surface area (Å²) in [5.41, 5.74) is 0. The Labute approximate surface area is 121 Å². The van der Waals surface area contributed by atoms with E-state index in [0.717, 1.165) is 18.0 Å². The van der Waals surface area contributed by atoms with Gasteiger partial charge >= 0.3 is 0 Å². The van der Waals surface area contributed by atoms with Crippen molar-refractivity contribution in [3.8, 4) is 0 Å². The van der Waals surface area contributed by atoms with Gasteiger partial charge in [-0.25, -0.2) is 0 Å². The summed E-state index contributed by atoms with van der Waals surface area (Å²) >= 11 is 0. The fraction of sp³-hybridized carbons (Fsp3) is 1.00. The molecule has 0 aliphatic carbocycles. The van der Waals surface area contributed by atoms with Crippen LogP contribution in [0.25, 0.3) is 0 Å². The predicted molar refractivity (Wildman–Crippen MR) is 85.7 cm³/mol. The van der Waals surface area contributed by atoms with Crippen molar-refractivity contribution in [3.05, 3.63) is 0 Å². The number of nitrogens with zero attached hydrogens (tertiary/aromatic N) is 2. The third kappa shape index (κ3) is 5.07. The van der Waals surface area contributed by atoms with E-state index in [1.54, 1.807) is 0 Å². The van der Waals surface area contributed by atoms with Crippen molar-refractivity contribution in [1.82, 2.24) is 9.80 Å². The van der Waals surface area contributed by atoms with Crippen molar-refractivity contribution in [3.63, 3.8) is 0 Å². The fourth-order valence-corrected chi connectivity index (χ4v) is 3.66. The maximum Gasteiger partial charge on any atom is 0.0227 e. The number of hydrogen-bond acceptors (Lipinski definition) is 2. The maximum atomic E-state index is 2.74. The van der Waals surface area contributed by atoms with Gasteiger partial charge in [0.1, 0.15) is 0 Å². The van der Waals surface area contributed by atoms with Gasteiger partial charge in [0.05, 0.1) is 0 Å². The molecule has 2 atom stereocenters. The standard InChI is InChI=1S/C15H30N2.C2H6/c1-4-17-14-8-9-15(17)12-16(11-14)10-6-5-7-13(2)3;1-2/h13-15H,4-12H2,1-3H3;1-2H3/t14-,15+;. The highest BCUT2D eigenvalue weighted by Crippen LogP contribution is 2.29. The molecule has 0 amide bonds. The Morgan fingerprint density at radius 1 is 1.00 bits per heavy atom. The summed E-state index contributed by atoms with van der Waals surface area (Å²) < 4.78 is 0. The minimum absolute atomic E-state index is 0.878. The Morgan fingerprint density at radius 3 is 2.05 bits per heavy atom. The first-order valence-electron chi connectivity index (χ1n) is 8.68. The molecule has 2 fully saturated rings. The van der Waals surface area contributed by atoms with Crippen LogP contribution >= 0.6 is 0 Å². The number of hydrogen-bond donors (Lipinski definition) is 0. The second-order valence-corrected chi connectivity index (χ2v) is 6.36. The molecule has 2 rings (SSSR count). The van der Waals surface area contributed by atoms with Crippen LogP contribution in [-0.2, 0) is 0 Å². The first-order valence-corrected chi connectivity index (χ1v) is 8.68. The van der Waals surface area contributed by atoms with Gasteiger partial charge in [0.15, 0.2) is 0 Å². The van der Waals surface area contributed by atoms with E-state index in [1.807, 2.05) is 13.8 Å². The summed E-state index contributed by atoms with van der Waals surface area (Å²) in [6.07, 6.45) is 7.12. The SMILES string of the molecule is CC.CCN1[C@@H]2CC[C@H]1CN(CCCCC(C)C)C2. The van der Waals surface area contributed by atoms with Gasteiger partial charge in [-0.15, -0.1) is 0 Å². The summed E-state index contributed by atoms with van der Waals surface area (Å²) in [4.78, 5) is 5.47. The van der Waals surface area contributed by atoms with Gasteiger partial charge in [-0.3, -0.25) is 4.90 Å². The minimum atomic E-state index is 0.878. The van der Waals surface area contributed by atoms with Crippen LogP contribution in [0.4, 0.5) is 0 Å². The van der Waals surface area contributed by atoms with E-state index in [-0.39, 0.29) is 0 Å². The molecular weight excluding hydrogens is 232 g/mol. The minimum Gasteiger partial charge on any atom is -0.300 e. The van der Waals surface area contributed by atoms with Crippen LogP contribution in [0.1, 0.15) is 66.7 Å². The molecule has 2 saturated heterocycles. The zero-order valence-electron chi connectivity index (χ0n) is 14.0. The second-order valence-electron chi connectivity index (χ2n) is 6.36. The summed E-state index contributed by atoms with van der Waals surface area (Å²) in [6, 6.07) is 1.76. The largest absolute Gasteiger partial charge is 0.300 e. The molecule has 2 heteroatoms. The summed E-state index contributed by atoms with van der Waals surface area (Å²) in [5, 5.41) is 0. The molecule has 0 saturated carbocycles. The Morgan fingerprint density at radius 2 is 1.58 bits per heavy atom. The molecular formula is C17H36N2. The fourth-order valence-electron chi connectivity index (χ4n) is 3.66. The predicted octanol–water partition coefficient (Wildman–Crippen LogP) is 4.01. The molecule has 2 nitrogen and oxygen atoms in total. The van der Waals surface area contributed by atoms with Gasteiger partial charge in [0.25, 0.3) is 0 Å². The van der Waals surface area contributed by atoms with Crippen molar-refractivity contribution in [2.45, 2.75) is 78.8 Å². The van der Waals surface area contributed by atoms with E-state index >= 15 is 0 Å². The van der Waals surface area contributed by atoms with Crippen molar-refractivity contribution in [1.29, 1.82) is 0 Å². The van der Waals surface area contributed by atoms with E-state index in [0.29, 0.717) is 0 Å². The molecule has 2 aliphatic rings. The lowest BCUT2D eigenvalue weighted by Crippen LogP contribution is -2.53.